The number of ether oxygens (including phenoxy) is 4. The molecule has 105 heavy (non-hydrogen) atoms. The first-order valence-electron chi connectivity index (χ1n) is 44.5. The van der Waals surface area contributed by atoms with Gasteiger partial charge in [-0.3, -0.25) is 37.3 Å². The van der Waals surface area contributed by atoms with E-state index in [9.17, 15) is 43.2 Å². The average Bonchev–Trinajstić information content (AvgIpc) is 1.05. The van der Waals surface area contributed by atoms with Crippen LogP contribution in [0.2, 0.25) is 0 Å². The molecule has 6 atom stereocenters. The monoisotopic (exact) mass is 1540 g/mol. The van der Waals surface area contributed by atoms with Gasteiger partial charge in [-0.15, -0.1) is 0 Å². The number of unbranched alkanes of at least 4 members (excludes halogenated alkanes) is 54. The summed E-state index contributed by atoms with van der Waals surface area (Å²) in [7, 11) is -9.93. The largest absolute Gasteiger partial charge is 0.472 e. The van der Waals surface area contributed by atoms with E-state index in [2.05, 4.69) is 41.5 Å². The molecule has 0 amide bonds. The van der Waals surface area contributed by atoms with Gasteiger partial charge in [0.25, 0.3) is 0 Å². The average molecular weight is 1540 g/mol. The van der Waals surface area contributed by atoms with Gasteiger partial charge in [-0.25, -0.2) is 9.13 Å². The van der Waals surface area contributed by atoms with Crippen LogP contribution in [0.5, 0.6) is 0 Å². The van der Waals surface area contributed by atoms with Gasteiger partial charge >= 0.3 is 39.5 Å². The molecule has 17 nitrogen and oxygen atoms in total. The molecule has 3 N–H and O–H groups in total. The Hall–Kier alpha value is -1.94. The van der Waals surface area contributed by atoms with E-state index in [0.29, 0.717) is 25.7 Å². The van der Waals surface area contributed by atoms with Gasteiger partial charge in [0.1, 0.15) is 19.3 Å². The van der Waals surface area contributed by atoms with Crippen molar-refractivity contribution in [2.45, 2.75) is 477 Å². The molecule has 0 saturated heterocycles. The summed E-state index contributed by atoms with van der Waals surface area (Å²) in [5.74, 6) is -0.475. The predicted octanol–water partition coefficient (Wildman–Crippen LogP) is 26.2. The molecule has 0 aromatic heterocycles. The zero-order valence-electron chi connectivity index (χ0n) is 69.0. The summed E-state index contributed by atoms with van der Waals surface area (Å²) in [6.45, 7) is 9.73. The minimum atomic E-state index is -4.97. The molecule has 0 aliphatic rings. The fourth-order valence-electron chi connectivity index (χ4n) is 13.4. The molecule has 0 radical (unpaired) electrons. The van der Waals surface area contributed by atoms with Gasteiger partial charge < -0.3 is 33.8 Å². The lowest BCUT2D eigenvalue weighted by Gasteiger charge is -2.21. The van der Waals surface area contributed by atoms with Crippen molar-refractivity contribution >= 4 is 39.5 Å². The van der Waals surface area contributed by atoms with E-state index in [0.717, 1.165) is 102 Å². The van der Waals surface area contributed by atoms with Crippen LogP contribution in [0, 0.1) is 11.8 Å². The van der Waals surface area contributed by atoms with Crippen molar-refractivity contribution in [1.29, 1.82) is 0 Å². The molecule has 3 unspecified atom stereocenters. The van der Waals surface area contributed by atoms with E-state index in [-0.39, 0.29) is 25.7 Å². The van der Waals surface area contributed by atoms with Crippen molar-refractivity contribution in [1.82, 2.24) is 0 Å². The molecule has 0 spiro atoms. The van der Waals surface area contributed by atoms with Gasteiger partial charge in [0, 0.05) is 25.7 Å². The lowest BCUT2D eigenvalue weighted by Crippen LogP contribution is -2.30. The van der Waals surface area contributed by atoms with E-state index < -0.39 is 97.5 Å². The Morgan fingerprint density at radius 2 is 0.486 bits per heavy atom. The number of aliphatic hydroxyl groups excluding tert-OH is 1. The normalized spacial score (nSPS) is 14.1. The summed E-state index contributed by atoms with van der Waals surface area (Å²) < 4.78 is 68.9. The van der Waals surface area contributed by atoms with Gasteiger partial charge in [0.15, 0.2) is 12.2 Å². The van der Waals surface area contributed by atoms with Crippen LogP contribution in [0.1, 0.15) is 459 Å². The number of phosphoric ester groups is 2. The molecule has 624 valence electrons. The van der Waals surface area contributed by atoms with Gasteiger partial charge in [-0.1, -0.05) is 408 Å². The van der Waals surface area contributed by atoms with Crippen LogP contribution in [0.15, 0.2) is 0 Å². The Balaban J connectivity index is 5.24. The molecule has 0 heterocycles. The first-order valence-corrected chi connectivity index (χ1v) is 47.5. The molecule has 0 saturated carbocycles. The molecule has 0 aliphatic carbocycles. The summed E-state index contributed by atoms with van der Waals surface area (Å²) in [6.07, 6.45) is 69.3. The highest BCUT2D eigenvalue weighted by Crippen LogP contribution is 2.45. The van der Waals surface area contributed by atoms with Crippen LogP contribution >= 0.6 is 15.6 Å². The lowest BCUT2D eigenvalue weighted by atomic mass is 9.99. The third-order valence-electron chi connectivity index (χ3n) is 20.6. The number of hydrogen-bond acceptors (Lipinski definition) is 15. The van der Waals surface area contributed by atoms with E-state index in [4.69, 9.17) is 37.0 Å². The standard InChI is InChI=1S/C86H168O17P2/c1-7-10-12-14-16-18-20-21-22-23-24-25-26-27-28-33-40-46-52-58-64-70-85(90)102-82(75-97-84(89)69-63-57-51-45-39-32-30-29-31-38-43-49-55-61-67-79(6)9-3)77-101-105(94,95)99-73-80(87)72-98-104(92,93)100-76-81(74-96-83(88)68-62-56-50-44-36-19-17-15-13-11-8-2)103-86(91)71-65-59-53-47-41-35-34-37-42-48-54-60-66-78(4)5/h78-82,87H,7-77H2,1-6H3,(H,92,93)(H,94,95)/t79?,80-,81+,82+/m0/s1. The highest BCUT2D eigenvalue weighted by atomic mass is 31.2. The minimum absolute atomic E-state index is 0.107. The van der Waals surface area contributed by atoms with Gasteiger partial charge in [-0.05, 0) is 37.5 Å². The zero-order valence-corrected chi connectivity index (χ0v) is 70.8. The topological polar surface area (TPSA) is 237 Å². The fourth-order valence-corrected chi connectivity index (χ4v) is 15.0. The number of rotatable bonds is 85. The predicted molar refractivity (Wildman–Crippen MR) is 432 cm³/mol. The number of carbonyl (C=O) groups is 4. The summed E-state index contributed by atoms with van der Waals surface area (Å²) in [4.78, 5) is 73.2. The fraction of sp³-hybridized carbons (Fsp3) is 0.953. The maximum atomic E-state index is 13.1. The molecule has 19 heteroatoms. The maximum Gasteiger partial charge on any atom is 0.472 e. The Morgan fingerprint density at radius 1 is 0.276 bits per heavy atom. The molecule has 0 aromatic carbocycles. The van der Waals surface area contributed by atoms with Gasteiger partial charge in [0.05, 0.1) is 26.4 Å². The second kappa shape index (κ2) is 77.4. The lowest BCUT2D eigenvalue weighted by molar-refractivity contribution is -0.161. The number of esters is 4. The maximum absolute atomic E-state index is 13.1. The quantitative estimate of drug-likeness (QED) is 0.0222. The zero-order chi connectivity index (χ0) is 77.1. The molecular weight excluding hydrogens is 1370 g/mol. The molecular formula is C86H168O17P2. The second-order valence-electron chi connectivity index (χ2n) is 31.6. The summed E-state index contributed by atoms with van der Waals surface area (Å²) in [5, 5.41) is 10.7. The van der Waals surface area contributed by atoms with E-state index in [1.165, 1.54) is 276 Å². The Morgan fingerprint density at radius 3 is 0.724 bits per heavy atom. The Kier molecular flexibility index (Phi) is 76.0. The molecule has 0 aromatic rings. The van der Waals surface area contributed by atoms with Crippen LogP contribution in [0.25, 0.3) is 0 Å². The summed E-state index contributed by atoms with van der Waals surface area (Å²) >= 11 is 0. The summed E-state index contributed by atoms with van der Waals surface area (Å²) in [5.41, 5.74) is 0. The molecule has 0 bridgehead atoms. The van der Waals surface area contributed by atoms with Crippen molar-refractivity contribution in [2.75, 3.05) is 39.6 Å². The Labute approximate surface area is 645 Å². The molecule has 0 aliphatic heterocycles. The van der Waals surface area contributed by atoms with Crippen molar-refractivity contribution in [3.8, 4) is 0 Å². The number of carbonyl (C=O) groups excluding carboxylic acids is 4. The van der Waals surface area contributed by atoms with Crippen LogP contribution in [0.3, 0.4) is 0 Å². The second-order valence-corrected chi connectivity index (χ2v) is 34.6. The number of aliphatic hydroxyl groups is 1. The van der Waals surface area contributed by atoms with Gasteiger partial charge in [0.2, 0.25) is 0 Å². The molecule has 0 rings (SSSR count). The van der Waals surface area contributed by atoms with Crippen molar-refractivity contribution in [3.05, 3.63) is 0 Å². The highest BCUT2D eigenvalue weighted by molar-refractivity contribution is 7.47. The van der Waals surface area contributed by atoms with Crippen molar-refractivity contribution in [2.24, 2.45) is 11.8 Å². The molecule has 0 fully saturated rings. The summed E-state index contributed by atoms with van der Waals surface area (Å²) in [6, 6.07) is 0. The van der Waals surface area contributed by atoms with E-state index >= 15 is 0 Å². The third-order valence-corrected chi connectivity index (χ3v) is 22.5. The number of phosphoric acid groups is 2. The van der Waals surface area contributed by atoms with Crippen LogP contribution in [-0.4, -0.2) is 96.7 Å². The van der Waals surface area contributed by atoms with Crippen LogP contribution < -0.4 is 0 Å². The Bertz CT molecular complexity index is 2010. The number of hydrogen-bond donors (Lipinski definition) is 3. The third kappa shape index (κ3) is 78.5. The van der Waals surface area contributed by atoms with E-state index in [1.807, 2.05) is 0 Å². The van der Waals surface area contributed by atoms with Crippen LogP contribution in [0.4, 0.5) is 0 Å². The van der Waals surface area contributed by atoms with E-state index in [1.54, 1.807) is 0 Å². The highest BCUT2D eigenvalue weighted by Gasteiger charge is 2.30. The van der Waals surface area contributed by atoms with Crippen molar-refractivity contribution < 1.29 is 80.2 Å². The smallest absolute Gasteiger partial charge is 0.462 e. The first-order chi connectivity index (χ1) is 50.9. The van der Waals surface area contributed by atoms with Crippen molar-refractivity contribution in [3.63, 3.8) is 0 Å². The van der Waals surface area contributed by atoms with Crippen LogP contribution in [-0.2, 0) is 65.4 Å². The minimum Gasteiger partial charge on any atom is -0.462 e. The first kappa shape index (κ1) is 103. The van der Waals surface area contributed by atoms with Gasteiger partial charge in [-0.2, -0.15) is 0 Å². The SMILES string of the molecule is CCCCCCCCCCCCCCCCCCCCCCCC(=O)O[C@H](COC(=O)CCCCCCCCCCCCCCCCC(C)CC)COP(=O)(O)OC[C@@H](O)COP(=O)(O)OC[C@@H](COC(=O)CCCCCCCCCCCCC)OC(=O)CCCCCCCCCCCCCCC(C)C.